The Balaban J connectivity index is 2.49. The molecule has 1 aliphatic rings. The maximum atomic E-state index is 5.91. The molecule has 3 N–H and O–H groups in total. The van der Waals surface area contributed by atoms with Crippen LogP contribution in [0.1, 0.15) is 52.4 Å². The molecule has 3 nitrogen and oxygen atoms in total. The zero-order chi connectivity index (χ0) is 12.7. The van der Waals surface area contributed by atoms with Crippen LogP contribution >= 0.6 is 0 Å². The summed E-state index contributed by atoms with van der Waals surface area (Å²) >= 11 is 0. The van der Waals surface area contributed by atoms with E-state index in [1.165, 1.54) is 25.7 Å². The summed E-state index contributed by atoms with van der Waals surface area (Å²) in [4.78, 5) is 4.55. The summed E-state index contributed by atoms with van der Waals surface area (Å²) in [5.41, 5.74) is 5.91. The number of hydrogen-bond acceptors (Lipinski definition) is 1. The fourth-order valence-corrected chi connectivity index (χ4v) is 2.18. The van der Waals surface area contributed by atoms with Gasteiger partial charge in [-0.05, 0) is 18.8 Å². The highest BCUT2D eigenvalue weighted by molar-refractivity contribution is 5.78. The number of hydrogen-bond donors (Lipinski definition) is 2. The van der Waals surface area contributed by atoms with E-state index in [0.29, 0.717) is 17.9 Å². The molecule has 1 aliphatic carbocycles. The Hall–Kier alpha value is -1.17. The van der Waals surface area contributed by atoms with E-state index < -0.39 is 0 Å². The molecule has 0 bridgehead atoms. The normalized spacial score (nSPS) is 20.7. The lowest BCUT2D eigenvalue weighted by atomic mass is 10.1. The Labute approximate surface area is 105 Å². The molecule has 1 saturated carbocycles. The highest BCUT2D eigenvalue weighted by Gasteiger charge is 2.14. The minimum absolute atomic E-state index is 0.0236. The first-order valence-corrected chi connectivity index (χ1v) is 6.69. The van der Waals surface area contributed by atoms with Gasteiger partial charge in [-0.15, -0.1) is 6.42 Å². The molecule has 0 aromatic carbocycles. The van der Waals surface area contributed by atoms with Crippen molar-refractivity contribution in [3.05, 3.63) is 0 Å². The Kier molecular flexibility index (Phi) is 5.90. The Morgan fingerprint density at radius 3 is 2.35 bits per heavy atom. The summed E-state index contributed by atoms with van der Waals surface area (Å²) in [6.07, 6.45) is 13.0. The van der Waals surface area contributed by atoms with Crippen LogP contribution in [0.4, 0.5) is 0 Å². The molecule has 96 valence electrons. The maximum absolute atomic E-state index is 5.91. The van der Waals surface area contributed by atoms with Crippen LogP contribution in [0.5, 0.6) is 0 Å². The number of terminal acetylenes is 1. The second-order valence-electron chi connectivity index (χ2n) is 5.19. The largest absolute Gasteiger partial charge is 0.370 e. The van der Waals surface area contributed by atoms with E-state index in [2.05, 4.69) is 30.1 Å². The minimum atomic E-state index is -0.0236. The van der Waals surface area contributed by atoms with Gasteiger partial charge in [0.2, 0.25) is 0 Å². The molecule has 1 rings (SSSR count). The first kappa shape index (κ1) is 13.9. The van der Waals surface area contributed by atoms with E-state index in [4.69, 9.17) is 12.2 Å². The quantitative estimate of drug-likeness (QED) is 0.341. The van der Waals surface area contributed by atoms with E-state index in [9.17, 15) is 0 Å². The number of guanidine groups is 1. The van der Waals surface area contributed by atoms with Crippen molar-refractivity contribution in [3.63, 3.8) is 0 Å². The van der Waals surface area contributed by atoms with E-state index >= 15 is 0 Å². The van der Waals surface area contributed by atoms with Gasteiger partial charge in [-0.2, -0.15) is 0 Å². The van der Waals surface area contributed by atoms with Crippen LogP contribution in [-0.4, -0.2) is 18.0 Å². The van der Waals surface area contributed by atoms with E-state index in [1.807, 2.05) is 0 Å². The van der Waals surface area contributed by atoms with Crippen molar-refractivity contribution in [3.8, 4) is 12.3 Å². The van der Waals surface area contributed by atoms with Crippen LogP contribution < -0.4 is 11.1 Å². The summed E-state index contributed by atoms with van der Waals surface area (Å²) in [7, 11) is 0. The molecule has 0 aliphatic heterocycles. The molecule has 0 aromatic rings. The van der Waals surface area contributed by atoms with Crippen molar-refractivity contribution in [1.29, 1.82) is 0 Å². The van der Waals surface area contributed by atoms with Gasteiger partial charge in [-0.25, -0.2) is 0 Å². The van der Waals surface area contributed by atoms with Crippen molar-refractivity contribution < 1.29 is 0 Å². The highest BCUT2D eigenvalue weighted by Crippen LogP contribution is 2.19. The van der Waals surface area contributed by atoms with Gasteiger partial charge in [-0.3, -0.25) is 4.99 Å². The van der Waals surface area contributed by atoms with E-state index in [-0.39, 0.29) is 6.04 Å². The van der Waals surface area contributed by atoms with Gasteiger partial charge >= 0.3 is 0 Å². The highest BCUT2D eigenvalue weighted by atomic mass is 15.1. The summed E-state index contributed by atoms with van der Waals surface area (Å²) in [5, 5.41) is 3.13. The van der Waals surface area contributed by atoms with Crippen molar-refractivity contribution in [2.45, 2.75) is 64.5 Å². The Bertz CT molecular complexity index is 280. The second kappa shape index (κ2) is 7.21. The van der Waals surface area contributed by atoms with Gasteiger partial charge in [-0.1, -0.05) is 45.5 Å². The molecule has 1 fully saturated rings. The number of nitrogens with zero attached hydrogens (tertiary/aromatic N) is 1. The monoisotopic (exact) mass is 235 g/mol. The topological polar surface area (TPSA) is 50.4 Å². The van der Waals surface area contributed by atoms with Gasteiger partial charge in [0.15, 0.2) is 5.96 Å². The number of nitrogens with two attached hydrogens (primary N) is 1. The average Bonchev–Trinajstić information content (AvgIpc) is 2.54. The fourth-order valence-electron chi connectivity index (χ4n) is 2.18. The van der Waals surface area contributed by atoms with Crippen molar-refractivity contribution in [2.75, 3.05) is 0 Å². The van der Waals surface area contributed by atoms with Crippen LogP contribution in [0.2, 0.25) is 0 Å². The molecule has 0 aromatic heterocycles. The third-order valence-corrected chi connectivity index (χ3v) is 3.30. The van der Waals surface area contributed by atoms with Gasteiger partial charge in [0.05, 0.1) is 12.1 Å². The fraction of sp³-hybridized carbons (Fsp3) is 0.786. The summed E-state index contributed by atoms with van der Waals surface area (Å²) in [5.74, 6) is 3.58. The predicted molar refractivity (Wildman–Crippen MR) is 73.7 cm³/mol. The van der Waals surface area contributed by atoms with Crippen LogP contribution in [-0.2, 0) is 0 Å². The SMILES string of the molecule is C#CC(NC(N)=NC1CCCCCC1)C(C)C. The third kappa shape index (κ3) is 5.12. The third-order valence-electron chi connectivity index (χ3n) is 3.30. The molecular weight excluding hydrogens is 210 g/mol. The number of aliphatic imine (C=N–C) groups is 1. The molecule has 0 saturated heterocycles. The van der Waals surface area contributed by atoms with Gasteiger partial charge in [0, 0.05) is 0 Å². The molecule has 0 amide bonds. The zero-order valence-corrected chi connectivity index (χ0v) is 11.1. The van der Waals surface area contributed by atoms with Crippen LogP contribution in [0, 0.1) is 18.3 Å². The van der Waals surface area contributed by atoms with Gasteiger partial charge < -0.3 is 11.1 Å². The molecule has 17 heavy (non-hydrogen) atoms. The average molecular weight is 235 g/mol. The lowest BCUT2D eigenvalue weighted by Crippen LogP contribution is -2.42. The molecule has 0 heterocycles. The lowest BCUT2D eigenvalue weighted by Gasteiger charge is -2.18. The predicted octanol–water partition coefficient (Wildman–Crippen LogP) is 2.27. The summed E-state index contributed by atoms with van der Waals surface area (Å²) in [6.45, 7) is 4.16. The van der Waals surface area contributed by atoms with Crippen molar-refractivity contribution in [1.82, 2.24) is 5.32 Å². The van der Waals surface area contributed by atoms with Gasteiger partial charge in [0.25, 0.3) is 0 Å². The number of nitrogens with one attached hydrogen (secondary N) is 1. The molecular formula is C14H25N3. The van der Waals surface area contributed by atoms with Crippen LogP contribution in [0.3, 0.4) is 0 Å². The van der Waals surface area contributed by atoms with Gasteiger partial charge in [0.1, 0.15) is 0 Å². The molecule has 3 heteroatoms. The van der Waals surface area contributed by atoms with Crippen LogP contribution in [0.15, 0.2) is 4.99 Å². The zero-order valence-electron chi connectivity index (χ0n) is 11.1. The number of rotatable bonds is 3. The summed E-state index contributed by atoms with van der Waals surface area (Å²) in [6, 6.07) is 0.361. The molecule has 1 unspecified atom stereocenters. The van der Waals surface area contributed by atoms with E-state index in [1.54, 1.807) is 0 Å². The second-order valence-corrected chi connectivity index (χ2v) is 5.19. The summed E-state index contributed by atoms with van der Waals surface area (Å²) < 4.78 is 0. The maximum Gasteiger partial charge on any atom is 0.189 e. The smallest absolute Gasteiger partial charge is 0.189 e. The lowest BCUT2D eigenvalue weighted by molar-refractivity contribution is 0.532. The first-order chi connectivity index (χ1) is 8.13. The molecule has 0 radical (unpaired) electrons. The Morgan fingerprint density at radius 2 is 1.88 bits per heavy atom. The van der Waals surface area contributed by atoms with E-state index in [0.717, 1.165) is 12.8 Å². The molecule has 1 atom stereocenters. The Morgan fingerprint density at radius 1 is 1.29 bits per heavy atom. The standard InChI is InChI=1S/C14H25N3/c1-4-13(11(2)3)17-14(15)16-12-9-7-5-6-8-10-12/h1,11-13H,5-10H2,2-3H3,(H3,15,16,17). The van der Waals surface area contributed by atoms with Crippen LogP contribution in [0.25, 0.3) is 0 Å². The van der Waals surface area contributed by atoms with Crippen molar-refractivity contribution >= 4 is 5.96 Å². The minimum Gasteiger partial charge on any atom is -0.370 e. The first-order valence-electron chi connectivity index (χ1n) is 6.69. The van der Waals surface area contributed by atoms with Crippen molar-refractivity contribution in [2.24, 2.45) is 16.6 Å². The molecule has 0 spiro atoms.